The van der Waals surface area contributed by atoms with Crippen molar-refractivity contribution in [1.29, 1.82) is 0 Å². The van der Waals surface area contributed by atoms with Crippen LogP contribution >= 0.6 is 0 Å². The van der Waals surface area contributed by atoms with Crippen LogP contribution in [0.4, 0.5) is 19.3 Å². The van der Waals surface area contributed by atoms with Gasteiger partial charge in [0.1, 0.15) is 36.6 Å². The number of carbonyl (C=O) groups excluding carboxylic acids is 4. The van der Waals surface area contributed by atoms with Crippen molar-refractivity contribution in [2.75, 3.05) is 11.9 Å². The average Bonchev–Trinajstić information content (AvgIpc) is 3.54. The number of benzene rings is 2. The highest BCUT2D eigenvalue weighted by atomic mass is 19.1. The summed E-state index contributed by atoms with van der Waals surface area (Å²) in [6, 6.07) is 5.74. The first kappa shape index (κ1) is 40.7. The smallest absolute Gasteiger partial charge is 0.343 e. The van der Waals surface area contributed by atoms with Crippen molar-refractivity contribution >= 4 is 40.4 Å². The summed E-state index contributed by atoms with van der Waals surface area (Å²) < 4.78 is 43.4. The molecule has 302 valence electrons. The molecular weight excluding hydrogens is 744 g/mol. The minimum atomic E-state index is -1.95. The third-order valence-corrected chi connectivity index (χ3v) is 10.5. The molecule has 15 nitrogen and oxygen atoms in total. The number of pyridine rings is 2. The third kappa shape index (κ3) is 7.89. The minimum absolute atomic E-state index is 0.0210. The molecule has 4 heterocycles. The van der Waals surface area contributed by atoms with Gasteiger partial charge in [-0.05, 0) is 73.6 Å². The van der Waals surface area contributed by atoms with E-state index in [1.165, 1.54) is 0 Å². The SMILES string of the molecule is CCc1c2c(nc3ccc(OCc4c(F)cc(NC(=O)C(CCCNC(N)=O)NC(=O)C(N)C(C)C)cc4F)cc13)-c1cc3c(c(=O)n1C2)COC(=O)[C@]3(O)CC. The van der Waals surface area contributed by atoms with Crippen molar-refractivity contribution < 1.29 is 42.5 Å². The summed E-state index contributed by atoms with van der Waals surface area (Å²) in [5, 5.41) is 19.3. The summed E-state index contributed by atoms with van der Waals surface area (Å²) in [5.74, 6) is -4.04. The van der Waals surface area contributed by atoms with Crippen LogP contribution in [0.2, 0.25) is 0 Å². The Morgan fingerprint density at radius 2 is 1.77 bits per heavy atom. The van der Waals surface area contributed by atoms with Crippen LogP contribution in [0.3, 0.4) is 0 Å². The summed E-state index contributed by atoms with van der Waals surface area (Å²) in [7, 11) is 0. The number of nitrogens with zero attached hydrogens (tertiary/aromatic N) is 2. The fourth-order valence-electron chi connectivity index (χ4n) is 7.19. The molecule has 2 aromatic heterocycles. The van der Waals surface area contributed by atoms with E-state index in [2.05, 4.69) is 16.0 Å². The number of nitrogens with one attached hydrogen (secondary N) is 3. The molecule has 0 fully saturated rings. The highest BCUT2D eigenvalue weighted by Gasteiger charge is 2.45. The molecule has 4 aromatic rings. The first-order chi connectivity index (χ1) is 27.1. The number of hydrogen-bond donors (Lipinski definition) is 6. The van der Waals surface area contributed by atoms with Crippen molar-refractivity contribution in [3.63, 3.8) is 0 Å². The van der Waals surface area contributed by atoms with Crippen molar-refractivity contribution in [2.45, 2.75) is 90.8 Å². The lowest BCUT2D eigenvalue weighted by atomic mass is 9.86. The quantitative estimate of drug-likeness (QED) is 0.0710. The average molecular weight is 790 g/mol. The number of hydrogen-bond acceptors (Lipinski definition) is 10. The summed E-state index contributed by atoms with van der Waals surface area (Å²) in [5.41, 5.74) is 11.8. The highest BCUT2D eigenvalue weighted by molar-refractivity contribution is 5.98. The van der Waals surface area contributed by atoms with Gasteiger partial charge in [-0.3, -0.25) is 14.4 Å². The Morgan fingerprint density at radius 1 is 1.05 bits per heavy atom. The number of cyclic esters (lactones) is 1. The number of ether oxygens (including phenoxy) is 2. The van der Waals surface area contributed by atoms with Crippen molar-refractivity contribution in [2.24, 2.45) is 17.4 Å². The van der Waals surface area contributed by atoms with Crippen molar-refractivity contribution in [3.05, 3.63) is 86.2 Å². The molecule has 0 saturated carbocycles. The Morgan fingerprint density at radius 3 is 2.42 bits per heavy atom. The maximum atomic E-state index is 15.4. The minimum Gasteiger partial charge on any atom is -0.489 e. The predicted octanol–water partition coefficient (Wildman–Crippen LogP) is 3.35. The number of nitrogens with two attached hydrogens (primary N) is 2. The van der Waals surface area contributed by atoms with Gasteiger partial charge in [-0.1, -0.05) is 27.7 Å². The van der Waals surface area contributed by atoms with Gasteiger partial charge in [0.05, 0.1) is 40.6 Å². The lowest BCUT2D eigenvalue weighted by molar-refractivity contribution is -0.172. The molecule has 4 amide bonds. The molecule has 0 spiro atoms. The Hall–Kier alpha value is -5.94. The zero-order chi connectivity index (χ0) is 41.3. The van der Waals surface area contributed by atoms with E-state index in [1.54, 1.807) is 49.6 Å². The van der Waals surface area contributed by atoms with Crippen LogP contribution in [0.5, 0.6) is 5.75 Å². The second-order valence-electron chi connectivity index (χ2n) is 14.5. The second-order valence-corrected chi connectivity index (χ2v) is 14.5. The van der Waals surface area contributed by atoms with E-state index in [4.69, 9.17) is 25.9 Å². The first-order valence-corrected chi connectivity index (χ1v) is 18.7. The topological polar surface area (TPSA) is 230 Å². The largest absolute Gasteiger partial charge is 0.489 e. The van der Waals surface area contributed by atoms with E-state index < -0.39 is 65.3 Å². The van der Waals surface area contributed by atoms with Crippen LogP contribution < -0.4 is 37.7 Å². The number of esters is 1. The lowest BCUT2D eigenvalue weighted by Gasteiger charge is -2.31. The van der Waals surface area contributed by atoms with Crippen LogP contribution in [0, 0.1) is 17.6 Å². The third-order valence-electron chi connectivity index (χ3n) is 10.5. The number of primary amides is 1. The number of aromatic nitrogens is 2. The van der Waals surface area contributed by atoms with E-state index in [9.17, 15) is 29.1 Å². The fourth-order valence-corrected chi connectivity index (χ4v) is 7.19. The molecule has 0 aliphatic carbocycles. The predicted molar refractivity (Wildman–Crippen MR) is 205 cm³/mol. The van der Waals surface area contributed by atoms with Gasteiger partial charge in [0.2, 0.25) is 11.8 Å². The molecule has 3 atom stereocenters. The van der Waals surface area contributed by atoms with E-state index in [0.29, 0.717) is 34.5 Å². The maximum absolute atomic E-state index is 15.4. The summed E-state index contributed by atoms with van der Waals surface area (Å²) in [6.45, 7) is 6.66. The fraction of sp³-hybridized carbons (Fsp3) is 0.400. The van der Waals surface area contributed by atoms with Gasteiger partial charge < -0.3 is 46.6 Å². The monoisotopic (exact) mass is 789 g/mol. The molecule has 0 bridgehead atoms. The standard InChI is InChI=1S/C40H45F2N7O8/c1-5-22-23-14-21(9-10-30(23)47-34-24(22)16-49-32(34)15-27-25(37(49)52)17-57-38(53)40(27,55)6-2)56-18-26-28(41)12-20(13-29(26)42)46-35(50)31(8-7-11-45-39(44)54)48-36(51)33(43)19(3)4/h9-10,12-15,19,31,33,55H,5-8,11,16-18,43H2,1-4H3,(H,46,50)(H,48,51)(H3,44,45,54)/t31?,33?,40-/m0/s1. The van der Waals surface area contributed by atoms with E-state index in [1.807, 2.05) is 6.92 Å². The van der Waals surface area contributed by atoms with Gasteiger partial charge in [-0.15, -0.1) is 0 Å². The summed E-state index contributed by atoms with van der Waals surface area (Å²) >= 11 is 0. The number of aryl methyl sites for hydroxylation is 1. The van der Waals surface area contributed by atoms with Gasteiger partial charge in [0.25, 0.3) is 5.56 Å². The molecule has 2 unspecified atom stereocenters. The molecule has 0 radical (unpaired) electrons. The van der Waals surface area contributed by atoms with Crippen LogP contribution in [0.15, 0.2) is 41.2 Å². The van der Waals surface area contributed by atoms with Gasteiger partial charge in [-0.25, -0.2) is 23.4 Å². The number of anilines is 1. The number of halogens is 2. The Labute approximate surface area is 326 Å². The van der Waals surface area contributed by atoms with E-state index in [0.717, 1.165) is 23.3 Å². The molecule has 0 saturated heterocycles. The molecule has 17 heteroatoms. The zero-order valence-corrected chi connectivity index (χ0v) is 32.0. The van der Waals surface area contributed by atoms with Gasteiger partial charge in [0, 0.05) is 28.7 Å². The molecule has 8 N–H and O–H groups in total. The van der Waals surface area contributed by atoms with E-state index >= 15 is 8.78 Å². The van der Waals surface area contributed by atoms with Gasteiger partial charge in [-0.2, -0.15) is 0 Å². The van der Waals surface area contributed by atoms with Crippen molar-refractivity contribution in [3.8, 4) is 17.1 Å². The molecule has 6 rings (SSSR count). The maximum Gasteiger partial charge on any atom is 0.343 e. The van der Waals surface area contributed by atoms with E-state index in [-0.39, 0.29) is 67.3 Å². The van der Waals surface area contributed by atoms with Gasteiger partial charge >= 0.3 is 12.0 Å². The first-order valence-electron chi connectivity index (χ1n) is 18.7. The normalized spacial score (nSPS) is 16.6. The highest BCUT2D eigenvalue weighted by Crippen LogP contribution is 2.41. The summed E-state index contributed by atoms with van der Waals surface area (Å²) in [6.07, 6.45) is 0.886. The Kier molecular flexibility index (Phi) is 11.6. The van der Waals surface area contributed by atoms with Crippen LogP contribution in [-0.2, 0) is 50.9 Å². The number of fused-ring (bicyclic) bond motifs is 5. The number of rotatable bonds is 14. The lowest BCUT2D eigenvalue weighted by Crippen LogP contribution is -2.51. The molecule has 2 aliphatic rings. The molecule has 2 aliphatic heterocycles. The number of carbonyl (C=O) groups is 4. The number of aliphatic hydroxyl groups is 1. The van der Waals surface area contributed by atoms with Crippen LogP contribution in [0.1, 0.15) is 74.8 Å². The van der Waals surface area contributed by atoms with Crippen LogP contribution in [0.25, 0.3) is 22.3 Å². The molecular formula is C40H45F2N7O8. The Bertz CT molecular complexity index is 2330. The van der Waals surface area contributed by atoms with Crippen molar-refractivity contribution in [1.82, 2.24) is 20.2 Å². The Balaban J connectivity index is 1.20. The molecule has 57 heavy (non-hydrogen) atoms. The zero-order valence-electron chi connectivity index (χ0n) is 32.0. The van der Waals surface area contributed by atoms with Gasteiger partial charge in [0.15, 0.2) is 5.60 Å². The number of amides is 4. The summed E-state index contributed by atoms with van der Waals surface area (Å²) in [4.78, 5) is 68.0. The van der Waals surface area contributed by atoms with Crippen LogP contribution in [-0.4, -0.2) is 57.1 Å². The molecule has 2 aromatic carbocycles. The second kappa shape index (κ2) is 16.3. The number of urea groups is 1.